The summed E-state index contributed by atoms with van der Waals surface area (Å²) in [4.78, 5) is 0. The Morgan fingerprint density at radius 1 is 1.27 bits per heavy atom. The summed E-state index contributed by atoms with van der Waals surface area (Å²) in [6.07, 6.45) is 0. The van der Waals surface area contributed by atoms with E-state index in [9.17, 15) is 0 Å². The van der Waals surface area contributed by atoms with Gasteiger partial charge in [0.25, 0.3) is 0 Å². The monoisotopic (exact) mass is 192 g/mol. The van der Waals surface area contributed by atoms with Gasteiger partial charge >= 0.3 is 0 Å². The highest BCUT2D eigenvalue weighted by Crippen LogP contribution is 2.44. The molecule has 0 aromatic carbocycles. The normalized spacial score (nSPS) is 14.2. The summed E-state index contributed by atoms with van der Waals surface area (Å²) < 4.78 is 0. The van der Waals surface area contributed by atoms with Crippen LogP contribution in [0.4, 0.5) is 0 Å². The Bertz CT molecular complexity index is 128. The molecular weight excluding hydrogens is 172 g/mol. The minimum atomic E-state index is -1.20. The first-order chi connectivity index (χ1) is 4.75. The lowest BCUT2D eigenvalue weighted by atomic mass is 9.99. The van der Waals surface area contributed by atoms with E-state index in [1.54, 1.807) is 0 Å². The predicted molar refractivity (Wildman–Crippen MR) is 57.1 cm³/mol. The average Bonchev–Trinajstić information content (AvgIpc) is 1.87. The van der Waals surface area contributed by atoms with E-state index < -0.39 is 8.07 Å². The van der Waals surface area contributed by atoms with Gasteiger partial charge < -0.3 is 0 Å². The summed E-state index contributed by atoms with van der Waals surface area (Å²) in [7, 11) is -1.20. The molecule has 2 heteroatoms. The quantitative estimate of drug-likeness (QED) is 0.470. The molecule has 0 unspecified atom stereocenters. The van der Waals surface area contributed by atoms with Crippen molar-refractivity contribution >= 4 is 19.7 Å². The highest BCUT2D eigenvalue weighted by Gasteiger charge is 2.40. The summed E-state index contributed by atoms with van der Waals surface area (Å²) in [5.74, 6) is 0.739. The van der Waals surface area contributed by atoms with E-state index >= 15 is 0 Å². The third-order valence-electron chi connectivity index (χ3n) is 3.52. The number of alkyl halides is 1. The van der Waals surface area contributed by atoms with Gasteiger partial charge in [-0.15, -0.1) is 11.6 Å². The highest BCUT2D eigenvalue weighted by molar-refractivity contribution is 6.85. The minimum absolute atomic E-state index is 0.453. The van der Waals surface area contributed by atoms with Crippen molar-refractivity contribution in [3.63, 3.8) is 0 Å². The largest absolute Gasteiger partial charge is 0.130 e. The van der Waals surface area contributed by atoms with E-state index in [2.05, 4.69) is 40.8 Å². The van der Waals surface area contributed by atoms with Gasteiger partial charge in [-0.1, -0.05) is 40.8 Å². The van der Waals surface area contributed by atoms with Crippen LogP contribution in [0.1, 0.15) is 27.7 Å². The lowest BCUT2D eigenvalue weighted by Crippen LogP contribution is -2.44. The molecule has 0 aliphatic rings. The maximum absolute atomic E-state index is 5.98. The fourth-order valence-corrected chi connectivity index (χ4v) is 3.89. The molecule has 0 aliphatic heterocycles. The zero-order valence-corrected chi connectivity index (χ0v) is 10.4. The van der Waals surface area contributed by atoms with Crippen molar-refractivity contribution < 1.29 is 0 Å². The Morgan fingerprint density at radius 2 is 1.64 bits per heavy atom. The van der Waals surface area contributed by atoms with Crippen LogP contribution in [0.5, 0.6) is 0 Å². The molecule has 0 aromatic rings. The average molecular weight is 193 g/mol. The highest BCUT2D eigenvalue weighted by atomic mass is 35.5. The summed E-state index contributed by atoms with van der Waals surface area (Å²) in [6, 6.07) is 0. The molecule has 0 nitrogen and oxygen atoms in total. The van der Waals surface area contributed by atoms with Crippen LogP contribution in [0.15, 0.2) is 0 Å². The van der Waals surface area contributed by atoms with Gasteiger partial charge in [0.2, 0.25) is 0 Å². The third-order valence-corrected chi connectivity index (χ3v) is 10.3. The standard InChI is InChI=1S/C9H21ClSi/c1-8(2)9(3,4)11(5,6)7-10/h8H,7H2,1-6H3. The summed E-state index contributed by atoms with van der Waals surface area (Å²) >= 11 is 5.98. The summed E-state index contributed by atoms with van der Waals surface area (Å²) in [5.41, 5.74) is 0.873. The molecule has 68 valence electrons. The first kappa shape index (κ1) is 11.5. The second-order valence-corrected chi connectivity index (χ2v) is 11.0. The Morgan fingerprint density at radius 3 is 1.73 bits per heavy atom. The van der Waals surface area contributed by atoms with E-state index in [4.69, 9.17) is 11.6 Å². The van der Waals surface area contributed by atoms with E-state index in [1.165, 1.54) is 0 Å². The van der Waals surface area contributed by atoms with Crippen LogP contribution in [-0.4, -0.2) is 13.6 Å². The Hall–Kier alpha value is 0.507. The Labute approximate surface area is 77.3 Å². The smallest absolute Gasteiger partial charge is 0.0697 e. The van der Waals surface area contributed by atoms with E-state index in [0.717, 1.165) is 11.4 Å². The minimum Gasteiger partial charge on any atom is -0.130 e. The second kappa shape index (κ2) is 3.49. The van der Waals surface area contributed by atoms with Gasteiger partial charge in [0.1, 0.15) is 0 Å². The Balaban J connectivity index is 4.53. The van der Waals surface area contributed by atoms with E-state index in [0.29, 0.717) is 5.04 Å². The van der Waals surface area contributed by atoms with Gasteiger partial charge in [0.05, 0.1) is 8.07 Å². The molecule has 0 N–H and O–H groups in total. The first-order valence-electron chi connectivity index (χ1n) is 4.31. The zero-order valence-electron chi connectivity index (χ0n) is 8.66. The molecule has 0 saturated heterocycles. The number of hydrogen-bond acceptors (Lipinski definition) is 0. The molecular formula is C9H21ClSi. The van der Waals surface area contributed by atoms with Crippen LogP contribution in [0.2, 0.25) is 18.1 Å². The van der Waals surface area contributed by atoms with Crippen molar-refractivity contribution in [2.45, 2.75) is 45.8 Å². The van der Waals surface area contributed by atoms with Gasteiger partial charge in [0, 0.05) is 5.50 Å². The molecule has 0 rings (SSSR count). The lowest BCUT2D eigenvalue weighted by molar-refractivity contribution is 0.459. The SMILES string of the molecule is CC(C)C(C)(C)[Si](C)(C)CCl. The van der Waals surface area contributed by atoms with Gasteiger partial charge in [0.15, 0.2) is 0 Å². The van der Waals surface area contributed by atoms with Gasteiger partial charge in [-0.2, -0.15) is 0 Å². The molecule has 0 fully saturated rings. The van der Waals surface area contributed by atoms with Crippen molar-refractivity contribution in [2.24, 2.45) is 5.92 Å². The zero-order chi connectivity index (χ0) is 9.28. The van der Waals surface area contributed by atoms with Crippen molar-refractivity contribution in [3.8, 4) is 0 Å². The van der Waals surface area contributed by atoms with Crippen LogP contribution < -0.4 is 0 Å². The lowest BCUT2D eigenvalue weighted by Gasteiger charge is -2.42. The van der Waals surface area contributed by atoms with E-state index in [-0.39, 0.29) is 0 Å². The number of rotatable bonds is 3. The third kappa shape index (κ3) is 2.22. The van der Waals surface area contributed by atoms with Crippen LogP contribution in [-0.2, 0) is 0 Å². The van der Waals surface area contributed by atoms with Gasteiger partial charge in [-0.05, 0) is 11.0 Å². The van der Waals surface area contributed by atoms with Crippen LogP contribution >= 0.6 is 11.6 Å². The van der Waals surface area contributed by atoms with Gasteiger partial charge in [-0.25, -0.2) is 0 Å². The van der Waals surface area contributed by atoms with Crippen molar-refractivity contribution in [1.82, 2.24) is 0 Å². The van der Waals surface area contributed by atoms with Crippen molar-refractivity contribution in [2.75, 3.05) is 5.50 Å². The molecule has 0 radical (unpaired) electrons. The van der Waals surface area contributed by atoms with Crippen LogP contribution in [0.25, 0.3) is 0 Å². The molecule has 0 bridgehead atoms. The topological polar surface area (TPSA) is 0 Å². The first-order valence-corrected chi connectivity index (χ1v) is 8.06. The maximum Gasteiger partial charge on any atom is 0.0697 e. The number of halogens is 1. The fraction of sp³-hybridized carbons (Fsp3) is 1.00. The van der Waals surface area contributed by atoms with Gasteiger partial charge in [-0.3, -0.25) is 0 Å². The molecule has 0 aromatic heterocycles. The number of hydrogen-bond donors (Lipinski definition) is 0. The van der Waals surface area contributed by atoms with Crippen LogP contribution in [0.3, 0.4) is 0 Å². The molecule has 11 heavy (non-hydrogen) atoms. The summed E-state index contributed by atoms with van der Waals surface area (Å²) in [5, 5.41) is 0.453. The van der Waals surface area contributed by atoms with Crippen molar-refractivity contribution in [3.05, 3.63) is 0 Å². The predicted octanol–water partition coefficient (Wildman–Crippen LogP) is 3.91. The Kier molecular flexibility index (Phi) is 3.65. The fourth-order valence-electron chi connectivity index (χ4n) is 0.954. The molecule has 0 aliphatic carbocycles. The molecule has 0 heterocycles. The van der Waals surface area contributed by atoms with Crippen molar-refractivity contribution in [1.29, 1.82) is 0 Å². The second-order valence-electron chi connectivity index (χ2n) is 4.89. The molecule has 0 amide bonds. The molecule has 0 saturated carbocycles. The maximum atomic E-state index is 5.98. The molecule has 0 atom stereocenters. The van der Waals surface area contributed by atoms with E-state index in [1.807, 2.05) is 0 Å². The molecule has 0 spiro atoms. The van der Waals surface area contributed by atoms with Crippen LogP contribution in [0, 0.1) is 5.92 Å². The summed E-state index contributed by atoms with van der Waals surface area (Å²) in [6.45, 7) is 14.0.